The SMILES string of the molecule is CC/N=C\C(C)(OC)B1OC(C)(C)C(C)(C)O1. The Morgan fingerprint density at radius 1 is 1.24 bits per heavy atom. The van der Waals surface area contributed by atoms with E-state index < -0.39 is 12.6 Å². The summed E-state index contributed by atoms with van der Waals surface area (Å²) in [5.41, 5.74) is -1.35. The van der Waals surface area contributed by atoms with Crippen molar-refractivity contribution < 1.29 is 14.0 Å². The lowest BCUT2D eigenvalue weighted by atomic mass is 9.69. The van der Waals surface area contributed by atoms with Gasteiger partial charge >= 0.3 is 7.12 Å². The molecule has 1 aliphatic heterocycles. The van der Waals surface area contributed by atoms with Crippen LogP contribution in [0.3, 0.4) is 0 Å². The molecule has 0 spiro atoms. The van der Waals surface area contributed by atoms with Gasteiger partial charge in [-0.3, -0.25) is 4.99 Å². The molecule has 0 aromatic rings. The Kier molecular flexibility index (Phi) is 4.06. The smallest absolute Gasteiger partial charge is 0.401 e. The second kappa shape index (κ2) is 4.71. The van der Waals surface area contributed by atoms with Crippen molar-refractivity contribution in [2.24, 2.45) is 4.99 Å². The van der Waals surface area contributed by atoms with Crippen LogP contribution in [0, 0.1) is 0 Å². The minimum absolute atomic E-state index is 0.350. The number of ether oxygens (including phenoxy) is 1. The van der Waals surface area contributed by atoms with E-state index in [2.05, 4.69) is 4.99 Å². The molecule has 1 atom stereocenters. The van der Waals surface area contributed by atoms with Gasteiger partial charge in [0.25, 0.3) is 0 Å². The van der Waals surface area contributed by atoms with Crippen LogP contribution in [0.2, 0.25) is 0 Å². The van der Waals surface area contributed by atoms with Gasteiger partial charge in [-0.05, 0) is 41.5 Å². The van der Waals surface area contributed by atoms with Crippen molar-refractivity contribution in [1.82, 2.24) is 0 Å². The minimum Gasteiger partial charge on any atom is -0.401 e. The van der Waals surface area contributed by atoms with Crippen LogP contribution in [0.4, 0.5) is 0 Å². The van der Waals surface area contributed by atoms with Gasteiger partial charge < -0.3 is 14.0 Å². The summed E-state index contributed by atoms with van der Waals surface area (Å²) in [5.74, 6) is 0. The Labute approximate surface area is 105 Å². The highest BCUT2D eigenvalue weighted by Gasteiger charge is 2.58. The zero-order valence-electron chi connectivity index (χ0n) is 12.0. The van der Waals surface area contributed by atoms with E-state index in [1.54, 1.807) is 13.3 Å². The molecule has 0 radical (unpaired) electrons. The van der Waals surface area contributed by atoms with Gasteiger partial charge in [0, 0.05) is 19.9 Å². The molecule has 5 heteroatoms. The maximum absolute atomic E-state index is 5.98. The molecule has 1 saturated heterocycles. The van der Waals surface area contributed by atoms with Gasteiger partial charge in [0.1, 0.15) is 5.50 Å². The molecule has 1 fully saturated rings. The first-order valence-electron chi connectivity index (χ1n) is 6.10. The third-order valence-electron chi connectivity index (χ3n) is 3.69. The summed E-state index contributed by atoms with van der Waals surface area (Å²) in [7, 11) is 1.21. The monoisotopic (exact) mass is 241 g/mol. The van der Waals surface area contributed by atoms with Crippen molar-refractivity contribution in [2.75, 3.05) is 13.7 Å². The number of hydrogen-bond acceptors (Lipinski definition) is 4. The average Bonchev–Trinajstić information content (AvgIpc) is 2.45. The quantitative estimate of drug-likeness (QED) is 0.559. The van der Waals surface area contributed by atoms with Gasteiger partial charge in [0.2, 0.25) is 0 Å². The molecule has 0 saturated carbocycles. The van der Waals surface area contributed by atoms with Crippen LogP contribution >= 0.6 is 0 Å². The summed E-state index contributed by atoms with van der Waals surface area (Å²) in [6.07, 6.45) is 1.77. The molecule has 0 amide bonds. The summed E-state index contributed by atoms with van der Waals surface area (Å²) in [6, 6.07) is 0. The summed E-state index contributed by atoms with van der Waals surface area (Å²) in [4.78, 5) is 4.24. The van der Waals surface area contributed by atoms with E-state index in [1.807, 2.05) is 41.5 Å². The molecule has 0 aliphatic carbocycles. The number of methoxy groups -OCH3 is 1. The molecular formula is C12H24BNO3. The first-order valence-corrected chi connectivity index (χ1v) is 6.10. The topological polar surface area (TPSA) is 40.0 Å². The minimum atomic E-state index is -0.652. The summed E-state index contributed by atoms with van der Waals surface area (Å²) < 4.78 is 17.5. The Balaban J connectivity index is 2.91. The van der Waals surface area contributed by atoms with Gasteiger partial charge in [-0.2, -0.15) is 0 Å². The predicted octanol–water partition coefficient (Wildman–Crippen LogP) is 2.11. The van der Waals surface area contributed by atoms with E-state index in [-0.39, 0.29) is 11.2 Å². The number of rotatable bonds is 4. The molecule has 1 heterocycles. The van der Waals surface area contributed by atoms with Crippen molar-refractivity contribution in [3.63, 3.8) is 0 Å². The zero-order chi connectivity index (χ0) is 13.3. The van der Waals surface area contributed by atoms with Crippen molar-refractivity contribution in [3.05, 3.63) is 0 Å². The van der Waals surface area contributed by atoms with Crippen LogP contribution in [0.5, 0.6) is 0 Å². The highest BCUT2D eigenvalue weighted by atomic mass is 16.7. The van der Waals surface area contributed by atoms with Crippen molar-refractivity contribution in [3.8, 4) is 0 Å². The molecule has 0 aromatic carbocycles. The van der Waals surface area contributed by atoms with Crippen LogP contribution < -0.4 is 0 Å². The van der Waals surface area contributed by atoms with Crippen molar-refractivity contribution in [2.45, 2.75) is 58.2 Å². The number of hydrogen-bond donors (Lipinski definition) is 0. The number of aliphatic imine (C=N–C) groups is 1. The van der Waals surface area contributed by atoms with E-state index in [0.717, 1.165) is 6.54 Å². The highest BCUT2D eigenvalue weighted by molar-refractivity contribution is 6.53. The van der Waals surface area contributed by atoms with Crippen LogP contribution in [0.1, 0.15) is 41.5 Å². The van der Waals surface area contributed by atoms with E-state index in [1.165, 1.54) is 0 Å². The Morgan fingerprint density at radius 3 is 2.06 bits per heavy atom. The molecule has 17 heavy (non-hydrogen) atoms. The lowest BCUT2D eigenvalue weighted by molar-refractivity contribution is 0.00578. The van der Waals surface area contributed by atoms with E-state index >= 15 is 0 Å². The first kappa shape index (κ1) is 14.7. The largest absolute Gasteiger partial charge is 0.497 e. The molecule has 1 unspecified atom stereocenters. The second-order valence-corrected chi connectivity index (χ2v) is 5.60. The molecule has 0 aromatic heterocycles. The van der Waals surface area contributed by atoms with Crippen LogP contribution in [-0.2, 0) is 14.0 Å². The normalized spacial score (nSPS) is 26.4. The maximum Gasteiger partial charge on any atom is 0.497 e. The fourth-order valence-electron chi connectivity index (χ4n) is 1.56. The molecule has 98 valence electrons. The van der Waals surface area contributed by atoms with Gasteiger partial charge in [-0.25, -0.2) is 0 Å². The van der Waals surface area contributed by atoms with Gasteiger partial charge in [0.05, 0.1) is 11.2 Å². The lowest BCUT2D eigenvalue weighted by Crippen LogP contribution is -2.49. The Morgan fingerprint density at radius 2 is 1.71 bits per heavy atom. The summed E-state index contributed by atoms with van der Waals surface area (Å²) in [5, 5.41) is 0. The van der Waals surface area contributed by atoms with Gasteiger partial charge in [-0.1, -0.05) is 0 Å². The molecular weight excluding hydrogens is 217 g/mol. The van der Waals surface area contributed by atoms with Crippen LogP contribution in [0.15, 0.2) is 4.99 Å². The van der Waals surface area contributed by atoms with Crippen molar-refractivity contribution in [1.29, 1.82) is 0 Å². The fourth-order valence-corrected chi connectivity index (χ4v) is 1.56. The van der Waals surface area contributed by atoms with E-state index in [4.69, 9.17) is 14.0 Å². The summed E-state index contributed by atoms with van der Waals surface area (Å²) in [6.45, 7) is 12.7. The Hall–Kier alpha value is -0.385. The molecule has 1 aliphatic rings. The van der Waals surface area contributed by atoms with Crippen molar-refractivity contribution >= 4 is 13.3 Å². The number of nitrogens with zero attached hydrogens (tertiary/aromatic N) is 1. The highest BCUT2D eigenvalue weighted by Crippen LogP contribution is 2.39. The zero-order valence-corrected chi connectivity index (χ0v) is 12.0. The molecule has 0 bridgehead atoms. The predicted molar refractivity (Wildman–Crippen MR) is 70.5 cm³/mol. The van der Waals surface area contributed by atoms with E-state index in [9.17, 15) is 0 Å². The third kappa shape index (κ3) is 2.72. The molecule has 4 nitrogen and oxygen atoms in total. The van der Waals surface area contributed by atoms with Gasteiger partial charge in [-0.15, -0.1) is 0 Å². The first-order chi connectivity index (χ1) is 7.68. The standard InChI is InChI=1S/C12H24BNO3/c1-8-14-9-12(6,15-7)13-16-10(2,3)11(4,5)17-13/h9H,8H2,1-7H3/b14-9-. The fraction of sp³-hybridized carbons (Fsp3) is 0.917. The maximum atomic E-state index is 5.98. The molecule has 1 rings (SSSR count). The molecule has 0 N–H and O–H groups in total. The van der Waals surface area contributed by atoms with Crippen LogP contribution in [-0.4, -0.2) is 43.7 Å². The lowest BCUT2D eigenvalue weighted by Gasteiger charge is -2.32. The van der Waals surface area contributed by atoms with E-state index in [0.29, 0.717) is 0 Å². The van der Waals surface area contributed by atoms with Crippen LogP contribution in [0.25, 0.3) is 0 Å². The average molecular weight is 241 g/mol. The van der Waals surface area contributed by atoms with Gasteiger partial charge in [0.15, 0.2) is 0 Å². The summed E-state index contributed by atoms with van der Waals surface area (Å²) >= 11 is 0. The Bertz CT molecular complexity index is 288. The third-order valence-corrected chi connectivity index (χ3v) is 3.69. The second-order valence-electron chi connectivity index (χ2n) is 5.60.